The molecule has 0 atom stereocenters. The van der Waals surface area contributed by atoms with Gasteiger partial charge in [0.05, 0.1) is 0 Å². The summed E-state index contributed by atoms with van der Waals surface area (Å²) >= 11 is 0. The Balaban J connectivity index is 3.56. The van der Waals surface area contributed by atoms with E-state index in [1.807, 2.05) is 7.05 Å². The fourth-order valence-electron chi connectivity index (χ4n) is 0.706. The molecule has 0 heterocycles. The highest BCUT2D eigenvalue weighted by molar-refractivity contribution is 5.11. The van der Waals surface area contributed by atoms with Crippen LogP contribution < -0.4 is 5.32 Å². The van der Waals surface area contributed by atoms with Gasteiger partial charge in [0.25, 0.3) is 0 Å². The summed E-state index contributed by atoms with van der Waals surface area (Å²) < 4.78 is 0. The molecule has 0 saturated heterocycles. The summed E-state index contributed by atoms with van der Waals surface area (Å²) in [6.07, 6.45) is 7.51. The second-order valence-corrected chi connectivity index (χ2v) is 2.38. The van der Waals surface area contributed by atoms with Crippen LogP contribution in [0.5, 0.6) is 0 Å². The van der Waals surface area contributed by atoms with Crippen molar-refractivity contribution in [3.8, 4) is 0 Å². The van der Waals surface area contributed by atoms with Gasteiger partial charge >= 0.3 is 0 Å². The van der Waals surface area contributed by atoms with E-state index in [9.17, 15) is 0 Å². The summed E-state index contributed by atoms with van der Waals surface area (Å²) in [6, 6.07) is 0. The summed E-state index contributed by atoms with van der Waals surface area (Å²) in [5.41, 5.74) is 1.37. The van der Waals surface area contributed by atoms with Gasteiger partial charge in [0.1, 0.15) is 0 Å². The molecule has 0 aromatic heterocycles. The van der Waals surface area contributed by atoms with Gasteiger partial charge in [-0.25, -0.2) is 0 Å². The van der Waals surface area contributed by atoms with Crippen LogP contribution in [0.4, 0.5) is 0 Å². The van der Waals surface area contributed by atoms with Crippen LogP contribution in [0.2, 0.25) is 0 Å². The summed E-state index contributed by atoms with van der Waals surface area (Å²) in [5.74, 6) is 0. The van der Waals surface area contributed by atoms with Crippen molar-refractivity contribution in [1.82, 2.24) is 5.32 Å². The molecule has 0 radical (unpaired) electrons. The lowest BCUT2D eigenvalue weighted by Gasteiger charge is -1.95. The first-order valence-corrected chi connectivity index (χ1v) is 3.78. The monoisotopic (exact) mass is 139 g/mol. The Hall–Kier alpha value is -0.560. The molecule has 0 bridgehead atoms. The average molecular weight is 139 g/mol. The normalized spacial score (nSPS) is 12.9. The Kier molecular flexibility index (Phi) is 6.19. The van der Waals surface area contributed by atoms with Crippen molar-refractivity contribution < 1.29 is 0 Å². The van der Waals surface area contributed by atoms with E-state index in [1.54, 1.807) is 0 Å². The first kappa shape index (κ1) is 9.44. The van der Waals surface area contributed by atoms with Gasteiger partial charge in [0.2, 0.25) is 0 Å². The molecule has 0 rings (SSSR count). The maximum Gasteiger partial charge on any atom is 0.0161 e. The number of hydrogen-bond acceptors (Lipinski definition) is 1. The lowest BCUT2D eigenvalue weighted by atomic mass is 10.2. The number of allylic oxidation sites excluding steroid dienone is 3. The summed E-state index contributed by atoms with van der Waals surface area (Å²) in [5, 5.41) is 3.09. The minimum atomic E-state index is 0.980. The highest BCUT2D eigenvalue weighted by atomic mass is 14.8. The van der Waals surface area contributed by atoms with Gasteiger partial charge in [0, 0.05) is 6.54 Å². The zero-order chi connectivity index (χ0) is 7.82. The van der Waals surface area contributed by atoms with Crippen LogP contribution in [0.25, 0.3) is 0 Å². The summed E-state index contributed by atoms with van der Waals surface area (Å²) in [4.78, 5) is 0. The molecule has 1 heteroatoms. The van der Waals surface area contributed by atoms with Crippen molar-refractivity contribution in [1.29, 1.82) is 0 Å². The third-order valence-electron chi connectivity index (χ3n) is 1.21. The Morgan fingerprint density at radius 1 is 1.50 bits per heavy atom. The third kappa shape index (κ3) is 5.57. The van der Waals surface area contributed by atoms with E-state index < -0.39 is 0 Å². The van der Waals surface area contributed by atoms with Gasteiger partial charge < -0.3 is 5.32 Å². The Labute approximate surface area is 63.8 Å². The maximum atomic E-state index is 3.09. The minimum absolute atomic E-state index is 0.980. The minimum Gasteiger partial charge on any atom is -0.316 e. The second-order valence-electron chi connectivity index (χ2n) is 2.38. The van der Waals surface area contributed by atoms with Crippen molar-refractivity contribution in [2.45, 2.75) is 20.3 Å². The van der Waals surface area contributed by atoms with Crippen LogP contribution in [-0.2, 0) is 0 Å². The standard InChI is InChI=1S/C9H17N/c1-4-5-6-7-9(2)8-10-3/h5-7,10H,4,8H2,1-3H3/b6-5+,9-7-. The van der Waals surface area contributed by atoms with Crippen molar-refractivity contribution in [2.24, 2.45) is 0 Å². The SMILES string of the molecule is CC/C=C/C=C(/C)CNC. The highest BCUT2D eigenvalue weighted by Crippen LogP contribution is 1.90. The Morgan fingerprint density at radius 2 is 2.20 bits per heavy atom. The van der Waals surface area contributed by atoms with E-state index >= 15 is 0 Å². The lowest BCUT2D eigenvalue weighted by molar-refractivity contribution is 0.880. The molecular formula is C9H17N. The molecule has 0 aliphatic carbocycles. The molecule has 0 spiro atoms. The van der Waals surface area contributed by atoms with Crippen molar-refractivity contribution in [3.63, 3.8) is 0 Å². The average Bonchev–Trinajstić information content (AvgIpc) is 1.89. The van der Waals surface area contributed by atoms with Crippen LogP contribution in [-0.4, -0.2) is 13.6 Å². The molecule has 0 aliphatic rings. The zero-order valence-corrected chi connectivity index (χ0v) is 7.15. The number of hydrogen-bond donors (Lipinski definition) is 1. The highest BCUT2D eigenvalue weighted by Gasteiger charge is 1.80. The van der Waals surface area contributed by atoms with Gasteiger partial charge in [-0.2, -0.15) is 0 Å². The zero-order valence-electron chi connectivity index (χ0n) is 7.15. The predicted molar refractivity (Wildman–Crippen MR) is 47.1 cm³/mol. The van der Waals surface area contributed by atoms with Crippen molar-refractivity contribution in [2.75, 3.05) is 13.6 Å². The number of nitrogens with one attached hydrogen (secondary N) is 1. The van der Waals surface area contributed by atoms with E-state index in [0.29, 0.717) is 0 Å². The third-order valence-corrected chi connectivity index (χ3v) is 1.21. The van der Waals surface area contributed by atoms with Crippen LogP contribution in [0, 0.1) is 0 Å². The van der Waals surface area contributed by atoms with Gasteiger partial charge in [-0.05, 0) is 20.4 Å². The summed E-state index contributed by atoms with van der Waals surface area (Å²) in [7, 11) is 1.96. The number of rotatable bonds is 4. The van der Waals surface area contributed by atoms with E-state index in [0.717, 1.165) is 13.0 Å². The van der Waals surface area contributed by atoms with E-state index in [1.165, 1.54) is 5.57 Å². The van der Waals surface area contributed by atoms with Crippen molar-refractivity contribution in [3.05, 3.63) is 23.8 Å². The number of likely N-dealkylation sites (N-methyl/N-ethyl adjacent to an activating group) is 1. The van der Waals surface area contributed by atoms with Crippen LogP contribution in [0.15, 0.2) is 23.8 Å². The molecule has 0 saturated carbocycles. The molecular weight excluding hydrogens is 122 g/mol. The first-order chi connectivity index (χ1) is 4.81. The van der Waals surface area contributed by atoms with Gasteiger partial charge in [0.15, 0.2) is 0 Å². The van der Waals surface area contributed by atoms with E-state index in [-0.39, 0.29) is 0 Å². The molecule has 1 nitrogen and oxygen atoms in total. The molecule has 0 aromatic rings. The molecule has 10 heavy (non-hydrogen) atoms. The van der Waals surface area contributed by atoms with Crippen LogP contribution in [0.3, 0.4) is 0 Å². The quantitative estimate of drug-likeness (QED) is 0.588. The smallest absolute Gasteiger partial charge is 0.0161 e. The lowest BCUT2D eigenvalue weighted by Crippen LogP contribution is -2.08. The maximum absolute atomic E-state index is 3.09. The molecule has 58 valence electrons. The van der Waals surface area contributed by atoms with Gasteiger partial charge in [-0.1, -0.05) is 30.7 Å². The second kappa shape index (κ2) is 6.56. The van der Waals surface area contributed by atoms with Gasteiger partial charge in [-0.3, -0.25) is 0 Å². The molecule has 0 fully saturated rings. The Morgan fingerprint density at radius 3 is 2.70 bits per heavy atom. The van der Waals surface area contributed by atoms with Crippen LogP contribution in [0.1, 0.15) is 20.3 Å². The summed E-state index contributed by atoms with van der Waals surface area (Å²) in [6.45, 7) is 5.24. The Bertz CT molecular complexity index is 123. The largest absolute Gasteiger partial charge is 0.316 e. The van der Waals surface area contributed by atoms with E-state index in [4.69, 9.17) is 0 Å². The fourth-order valence-corrected chi connectivity index (χ4v) is 0.706. The fraction of sp³-hybridized carbons (Fsp3) is 0.556. The van der Waals surface area contributed by atoms with E-state index in [2.05, 4.69) is 37.4 Å². The van der Waals surface area contributed by atoms with Crippen molar-refractivity contribution >= 4 is 0 Å². The van der Waals surface area contributed by atoms with Gasteiger partial charge in [-0.15, -0.1) is 0 Å². The first-order valence-electron chi connectivity index (χ1n) is 3.78. The molecule has 0 aromatic carbocycles. The molecule has 0 aliphatic heterocycles. The van der Waals surface area contributed by atoms with Crippen LogP contribution >= 0.6 is 0 Å². The molecule has 1 N–H and O–H groups in total. The topological polar surface area (TPSA) is 12.0 Å². The molecule has 0 unspecified atom stereocenters. The molecule has 0 amide bonds. The predicted octanol–water partition coefficient (Wildman–Crippen LogP) is 2.12.